The number of alkyl halides is 1. The summed E-state index contributed by atoms with van der Waals surface area (Å²) >= 11 is 7.06. The van der Waals surface area contributed by atoms with Crippen molar-refractivity contribution in [2.24, 2.45) is 0 Å². The number of hydrogen-bond donors (Lipinski definition) is 0. The molecule has 0 saturated heterocycles. The van der Waals surface area contributed by atoms with Crippen molar-refractivity contribution in [2.45, 2.75) is 6.54 Å². The van der Waals surface area contributed by atoms with Crippen LogP contribution in [-0.4, -0.2) is 16.9 Å². The van der Waals surface area contributed by atoms with E-state index in [0.29, 0.717) is 0 Å². The molecule has 0 aliphatic carbocycles. The summed E-state index contributed by atoms with van der Waals surface area (Å²) in [7, 11) is 0. The standard InChI is InChI=1S/C14H14Br2N2/c15-8-10-18(11-12-5-2-1-3-6-12)14-13(16)7-4-9-17-14/h1-7,9H,8,10-11H2. The van der Waals surface area contributed by atoms with E-state index >= 15 is 0 Å². The Kier molecular flexibility index (Phi) is 5.20. The third kappa shape index (κ3) is 3.56. The average Bonchev–Trinajstić information content (AvgIpc) is 2.40. The lowest BCUT2D eigenvalue weighted by atomic mass is 10.2. The van der Waals surface area contributed by atoms with Gasteiger partial charge in [-0.1, -0.05) is 46.3 Å². The summed E-state index contributed by atoms with van der Waals surface area (Å²) in [5, 5.41) is 0.919. The minimum absolute atomic E-state index is 0.863. The molecule has 0 N–H and O–H groups in total. The highest BCUT2D eigenvalue weighted by molar-refractivity contribution is 9.10. The molecule has 0 spiro atoms. The Labute approximate surface area is 124 Å². The zero-order valence-corrected chi connectivity index (χ0v) is 13.1. The molecule has 0 aliphatic heterocycles. The Bertz CT molecular complexity index is 488. The minimum Gasteiger partial charge on any atom is -0.351 e. The number of anilines is 1. The lowest BCUT2D eigenvalue weighted by Crippen LogP contribution is -2.26. The molecule has 2 aromatic rings. The van der Waals surface area contributed by atoms with Crippen LogP contribution in [-0.2, 0) is 6.54 Å². The second-order valence-corrected chi connectivity index (χ2v) is 5.55. The van der Waals surface area contributed by atoms with Crippen molar-refractivity contribution in [3.8, 4) is 0 Å². The Morgan fingerprint density at radius 3 is 2.50 bits per heavy atom. The van der Waals surface area contributed by atoms with Gasteiger partial charge in [-0.05, 0) is 33.6 Å². The molecule has 1 heterocycles. The first kappa shape index (κ1) is 13.6. The quantitative estimate of drug-likeness (QED) is 0.732. The predicted molar refractivity (Wildman–Crippen MR) is 83.2 cm³/mol. The molecule has 0 bridgehead atoms. The lowest BCUT2D eigenvalue weighted by molar-refractivity contribution is 0.818. The van der Waals surface area contributed by atoms with Gasteiger partial charge in [-0.15, -0.1) is 0 Å². The lowest BCUT2D eigenvalue weighted by Gasteiger charge is -2.23. The fraction of sp³-hybridized carbons (Fsp3) is 0.214. The van der Waals surface area contributed by atoms with Gasteiger partial charge in [-0.3, -0.25) is 0 Å². The SMILES string of the molecule is BrCCN(Cc1ccccc1)c1ncccc1Br. The maximum atomic E-state index is 4.45. The molecule has 1 aromatic carbocycles. The van der Waals surface area contributed by atoms with E-state index in [1.807, 2.05) is 24.4 Å². The number of hydrogen-bond acceptors (Lipinski definition) is 2. The molecule has 0 fully saturated rings. The fourth-order valence-corrected chi connectivity index (χ4v) is 2.71. The van der Waals surface area contributed by atoms with E-state index in [4.69, 9.17) is 0 Å². The minimum atomic E-state index is 0.863. The topological polar surface area (TPSA) is 16.1 Å². The van der Waals surface area contributed by atoms with Crippen LogP contribution in [0.25, 0.3) is 0 Å². The van der Waals surface area contributed by atoms with Crippen molar-refractivity contribution in [1.82, 2.24) is 4.98 Å². The molecule has 0 amide bonds. The molecule has 2 nitrogen and oxygen atoms in total. The van der Waals surface area contributed by atoms with Gasteiger partial charge in [-0.2, -0.15) is 0 Å². The smallest absolute Gasteiger partial charge is 0.143 e. The van der Waals surface area contributed by atoms with Crippen molar-refractivity contribution in [2.75, 3.05) is 16.8 Å². The van der Waals surface area contributed by atoms with E-state index < -0.39 is 0 Å². The average molecular weight is 370 g/mol. The van der Waals surface area contributed by atoms with Crippen LogP contribution in [0.15, 0.2) is 53.1 Å². The van der Waals surface area contributed by atoms with Gasteiger partial charge < -0.3 is 4.90 Å². The van der Waals surface area contributed by atoms with E-state index in [-0.39, 0.29) is 0 Å². The van der Waals surface area contributed by atoms with Gasteiger partial charge in [-0.25, -0.2) is 4.98 Å². The monoisotopic (exact) mass is 368 g/mol. The van der Waals surface area contributed by atoms with Crippen molar-refractivity contribution < 1.29 is 0 Å². The van der Waals surface area contributed by atoms with E-state index in [1.165, 1.54) is 5.56 Å². The van der Waals surface area contributed by atoms with Crippen LogP contribution in [0.3, 0.4) is 0 Å². The first-order valence-electron chi connectivity index (χ1n) is 5.76. The van der Waals surface area contributed by atoms with E-state index in [1.54, 1.807) is 0 Å². The fourth-order valence-electron chi connectivity index (χ4n) is 1.78. The van der Waals surface area contributed by atoms with Crippen molar-refractivity contribution in [1.29, 1.82) is 0 Å². The molecule has 18 heavy (non-hydrogen) atoms. The highest BCUT2D eigenvalue weighted by atomic mass is 79.9. The first-order valence-corrected chi connectivity index (χ1v) is 7.68. The van der Waals surface area contributed by atoms with Crippen molar-refractivity contribution >= 4 is 37.7 Å². The van der Waals surface area contributed by atoms with Gasteiger partial charge in [0.1, 0.15) is 5.82 Å². The van der Waals surface area contributed by atoms with Gasteiger partial charge in [0.2, 0.25) is 0 Å². The van der Waals surface area contributed by atoms with Crippen LogP contribution >= 0.6 is 31.9 Å². The van der Waals surface area contributed by atoms with Crippen LogP contribution < -0.4 is 4.90 Å². The molecule has 0 radical (unpaired) electrons. The second-order valence-electron chi connectivity index (χ2n) is 3.90. The van der Waals surface area contributed by atoms with Crippen LogP contribution in [0.2, 0.25) is 0 Å². The summed E-state index contributed by atoms with van der Waals surface area (Å²) in [6.07, 6.45) is 1.83. The van der Waals surface area contributed by atoms with Crippen LogP contribution in [0.4, 0.5) is 5.82 Å². The van der Waals surface area contributed by atoms with E-state index in [2.05, 4.69) is 66.0 Å². The van der Waals surface area contributed by atoms with Gasteiger partial charge in [0.15, 0.2) is 0 Å². The molecular formula is C14H14Br2N2. The number of nitrogens with zero attached hydrogens (tertiary/aromatic N) is 2. The molecule has 2 rings (SSSR count). The van der Waals surface area contributed by atoms with E-state index in [9.17, 15) is 0 Å². The zero-order chi connectivity index (χ0) is 12.8. The highest BCUT2D eigenvalue weighted by Crippen LogP contribution is 2.24. The number of benzene rings is 1. The normalized spacial score (nSPS) is 10.3. The molecule has 4 heteroatoms. The van der Waals surface area contributed by atoms with E-state index in [0.717, 1.165) is 28.7 Å². The predicted octanol–water partition coefficient (Wildman–Crippen LogP) is 4.25. The van der Waals surface area contributed by atoms with Crippen molar-refractivity contribution in [3.63, 3.8) is 0 Å². The summed E-state index contributed by atoms with van der Waals surface area (Å²) in [4.78, 5) is 6.71. The maximum Gasteiger partial charge on any atom is 0.143 e. The summed E-state index contributed by atoms with van der Waals surface area (Å²) in [6.45, 7) is 1.78. The highest BCUT2D eigenvalue weighted by Gasteiger charge is 2.10. The Morgan fingerprint density at radius 2 is 1.83 bits per heavy atom. The molecular weight excluding hydrogens is 356 g/mol. The van der Waals surface area contributed by atoms with Gasteiger partial charge in [0.25, 0.3) is 0 Å². The van der Waals surface area contributed by atoms with Gasteiger partial charge >= 0.3 is 0 Å². The van der Waals surface area contributed by atoms with Crippen LogP contribution in [0.5, 0.6) is 0 Å². The molecule has 0 saturated carbocycles. The number of aromatic nitrogens is 1. The maximum absolute atomic E-state index is 4.45. The van der Waals surface area contributed by atoms with Gasteiger partial charge in [0.05, 0.1) is 4.47 Å². The number of halogens is 2. The zero-order valence-electron chi connectivity index (χ0n) is 9.89. The molecule has 94 valence electrons. The summed E-state index contributed by atoms with van der Waals surface area (Å²) in [5.41, 5.74) is 1.29. The Morgan fingerprint density at radius 1 is 1.06 bits per heavy atom. The molecule has 0 aliphatic rings. The van der Waals surface area contributed by atoms with Crippen LogP contribution in [0.1, 0.15) is 5.56 Å². The van der Waals surface area contributed by atoms with Gasteiger partial charge in [0, 0.05) is 24.6 Å². The third-order valence-corrected chi connectivity index (χ3v) is 3.58. The molecule has 0 unspecified atom stereocenters. The number of pyridine rings is 1. The number of rotatable bonds is 5. The Hall–Kier alpha value is -0.870. The van der Waals surface area contributed by atoms with Crippen molar-refractivity contribution in [3.05, 3.63) is 58.7 Å². The largest absolute Gasteiger partial charge is 0.351 e. The molecule has 0 atom stereocenters. The summed E-state index contributed by atoms with van der Waals surface area (Å²) < 4.78 is 1.03. The Balaban J connectivity index is 2.21. The molecule has 1 aromatic heterocycles. The second kappa shape index (κ2) is 6.90. The summed E-state index contributed by atoms with van der Waals surface area (Å²) in [5.74, 6) is 0.987. The summed E-state index contributed by atoms with van der Waals surface area (Å²) in [6, 6.07) is 14.4. The third-order valence-electron chi connectivity index (χ3n) is 2.61. The first-order chi connectivity index (χ1) is 8.81. The van der Waals surface area contributed by atoms with Crippen LogP contribution in [0, 0.1) is 0 Å².